The van der Waals surface area contributed by atoms with Crippen LogP contribution in [0.2, 0.25) is 0 Å². The Kier molecular flexibility index (Phi) is 6.34. The van der Waals surface area contributed by atoms with Gasteiger partial charge in [0.05, 0.1) is 12.2 Å². The van der Waals surface area contributed by atoms with Crippen LogP contribution in [-0.2, 0) is 6.54 Å². The highest BCUT2D eigenvalue weighted by Crippen LogP contribution is 2.12. The quantitative estimate of drug-likeness (QED) is 0.770. The Morgan fingerprint density at radius 2 is 2.00 bits per heavy atom. The van der Waals surface area contributed by atoms with Gasteiger partial charge in [-0.1, -0.05) is 51.3 Å². The van der Waals surface area contributed by atoms with Crippen molar-refractivity contribution >= 4 is 0 Å². The maximum Gasteiger partial charge on any atom is 0.170 e. The molecule has 0 aliphatic carbocycles. The van der Waals surface area contributed by atoms with Gasteiger partial charge in [0.25, 0.3) is 0 Å². The van der Waals surface area contributed by atoms with Crippen molar-refractivity contribution in [3.63, 3.8) is 0 Å². The molecule has 1 aromatic carbocycles. The lowest BCUT2D eigenvalue weighted by Crippen LogP contribution is -2.24. The third-order valence-electron chi connectivity index (χ3n) is 3.79. The molecule has 1 heterocycles. The van der Waals surface area contributed by atoms with Crippen molar-refractivity contribution in [1.82, 2.24) is 25.5 Å². The first-order valence-electron chi connectivity index (χ1n) is 7.88. The summed E-state index contributed by atoms with van der Waals surface area (Å²) in [5.74, 6) is 1.59. The molecular formula is C16H25N5. The van der Waals surface area contributed by atoms with Gasteiger partial charge in [0.15, 0.2) is 5.82 Å². The van der Waals surface area contributed by atoms with Crippen LogP contribution in [0.25, 0.3) is 5.69 Å². The van der Waals surface area contributed by atoms with Crippen LogP contribution < -0.4 is 5.32 Å². The average Bonchev–Trinajstić information content (AvgIpc) is 3.00. The van der Waals surface area contributed by atoms with Gasteiger partial charge in [-0.3, -0.25) is 0 Å². The number of nitrogens with zero attached hydrogens (tertiary/aromatic N) is 4. The molecule has 0 amide bonds. The molecule has 114 valence electrons. The summed E-state index contributed by atoms with van der Waals surface area (Å²) in [6, 6.07) is 10.00. The first-order chi connectivity index (χ1) is 10.3. The number of nitrogens with one attached hydrogen (secondary N) is 1. The van der Waals surface area contributed by atoms with Crippen molar-refractivity contribution in [1.29, 1.82) is 0 Å². The van der Waals surface area contributed by atoms with Crippen LogP contribution in [-0.4, -0.2) is 26.8 Å². The van der Waals surface area contributed by atoms with E-state index in [1.165, 1.54) is 25.7 Å². The maximum atomic E-state index is 4.12. The molecule has 0 saturated carbocycles. The van der Waals surface area contributed by atoms with Gasteiger partial charge >= 0.3 is 0 Å². The van der Waals surface area contributed by atoms with Crippen molar-refractivity contribution in [2.24, 2.45) is 5.92 Å². The Morgan fingerprint density at radius 1 is 1.19 bits per heavy atom. The topological polar surface area (TPSA) is 55.6 Å². The van der Waals surface area contributed by atoms with Gasteiger partial charge in [0.1, 0.15) is 0 Å². The number of benzene rings is 1. The first-order valence-corrected chi connectivity index (χ1v) is 7.88. The van der Waals surface area contributed by atoms with Crippen molar-refractivity contribution in [2.45, 2.75) is 46.1 Å². The van der Waals surface area contributed by atoms with E-state index in [0.717, 1.165) is 24.0 Å². The number of hydrogen-bond donors (Lipinski definition) is 1. The minimum absolute atomic E-state index is 0.699. The second kappa shape index (κ2) is 8.52. The number of unbranched alkanes of at least 4 members (excludes halogenated alkanes) is 1. The summed E-state index contributed by atoms with van der Waals surface area (Å²) in [6.07, 6.45) is 5.09. The molecule has 1 unspecified atom stereocenters. The molecule has 2 rings (SSSR count). The minimum atomic E-state index is 0.699. The predicted octanol–water partition coefficient (Wildman–Crippen LogP) is 2.97. The summed E-state index contributed by atoms with van der Waals surface area (Å²) in [7, 11) is 0. The van der Waals surface area contributed by atoms with Crippen LogP contribution in [0.1, 0.15) is 45.4 Å². The van der Waals surface area contributed by atoms with Gasteiger partial charge in [-0.05, 0) is 41.4 Å². The molecule has 2 aromatic rings. The summed E-state index contributed by atoms with van der Waals surface area (Å²) in [4.78, 5) is 0. The van der Waals surface area contributed by atoms with E-state index < -0.39 is 0 Å². The molecule has 0 bridgehead atoms. The molecule has 5 nitrogen and oxygen atoms in total. The molecule has 1 atom stereocenters. The fraction of sp³-hybridized carbons (Fsp3) is 0.562. The molecule has 1 aromatic heterocycles. The van der Waals surface area contributed by atoms with Gasteiger partial charge < -0.3 is 5.32 Å². The van der Waals surface area contributed by atoms with Crippen LogP contribution in [0.4, 0.5) is 0 Å². The van der Waals surface area contributed by atoms with E-state index in [-0.39, 0.29) is 0 Å². The van der Waals surface area contributed by atoms with Crippen molar-refractivity contribution in [3.05, 3.63) is 36.2 Å². The lowest BCUT2D eigenvalue weighted by molar-refractivity contribution is 0.415. The number of hydrogen-bond acceptors (Lipinski definition) is 4. The van der Waals surface area contributed by atoms with Crippen LogP contribution >= 0.6 is 0 Å². The van der Waals surface area contributed by atoms with Crippen molar-refractivity contribution < 1.29 is 0 Å². The summed E-state index contributed by atoms with van der Waals surface area (Å²) in [5.41, 5.74) is 0.998. The summed E-state index contributed by atoms with van der Waals surface area (Å²) in [5, 5.41) is 15.5. The molecule has 0 spiro atoms. The monoisotopic (exact) mass is 287 g/mol. The van der Waals surface area contributed by atoms with E-state index in [2.05, 4.69) is 34.7 Å². The maximum absolute atomic E-state index is 4.12. The Labute approximate surface area is 126 Å². The van der Waals surface area contributed by atoms with Gasteiger partial charge in [-0.15, -0.1) is 5.10 Å². The predicted molar refractivity (Wildman–Crippen MR) is 84.2 cm³/mol. The molecule has 1 N–H and O–H groups in total. The van der Waals surface area contributed by atoms with Crippen LogP contribution in [0.5, 0.6) is 0 Å². The summed E-state index contributed by atoms with van der Waals surface area (Å²) in [6.45, 7) is 6.23. The Hall–Kier alpha value is -1.75. The lowest BCUT2D eigenvalue weighted by Gasteiger charge is -2.15. The van der Waals surface area contributed by atoms with E-state index >= 15 is 0 Å². The molecule has 0 aliphatic rings. The van der Waals surface area contributed by atoms with Crippen molar-refractivity contribution in [3.8, 4) is 5.69 Å². The number of rotatable bonds is 9. The zero-order valence-electron chi connectivity index (χ0n) is 13.0. The van der Waals surface area contributed by atoms with E-state index in [4.69, 9.17) is 0 Å². The van der Waals surface area contributed by atoms with E-state index in [9.17, 15) is 0 Å². The molecule has 0 aliphatic heterocycles. The Morgan fingerprint density at radius 3 is 2.71 bits per heavy atom. The smallest absolute Gasteiger partial charge is 0.170 e. The zero-order chi connectivity index (χ0) is 14.9. The van der Waals surface area contributed by atoms with Crippen LogP contribution in [0.3, 0.4) is 0 Å². The second-order valence-electron chi connectivity index (χ2n) is 5.39. The number of aromatic nitrogens is 4. The number of tetrazole rings is 1. The average molecular weight is 287 g/mol. The SMILES string of the molecule is CCCCC(CC)CNCc1nnnn1-c1ccccc1. The molecule has 0 saturated heterocycles. The minimum Gasteiger partial charge on any atom is -0.310 e. The zero-order valence-corrected chi connectivity index (χ0v) is 13.0. The van der Waals surface area contributed by atoms with E-state index in [1.807, 2.05) is 30.3 Å². The third kappa shape index (κ3) is 4.63. The number of para-hydroxylation sites is 1. The largest absolute Gasteiger partial charge is 0.310 e. The lowest BCUT2D eigenvalue weighted by atomic mass is 9.99. The molecular weight excluding hydrogens is 262 g/mol. The standard InChI is InChI=1S/C16H25N5/c1-3-5-9-14(4-2)12-17-13-16-18-19-20-21(16)15-10-7-6-8-11-15/h6-8,10-11,14,17H,3-5,9,12-13H2,1-2H3. The summed E-state index contributed by atoms with van der Waals surface area (Å²) >= 11 is 0. The molecule has 21 heavy (non-hydrogen) atoms. The van der Waals surface area contributed by atoms with Gasteiger partial charge in [0.2, 0.25) is 0 Å². The Balaban J connectivity index is 1.88. The first kappa shape index (κ1) is 15.6. The normalized spacial score (nSPS) is 12.5. The van der Waals surface area contributed by atoms with Gasteiger partial charge in [-0.25, -0.2) is 0 Å². The third-order valence-corrected chi connectivity index (χ3v) is 3.79. The molecule has 0 fully saturated rings. The Bertz CT molecular complexity index is 508. The van der Waals surface area contributed by atoms with Crippen LogP contribution in [0, 0.1) is 5.92 Å². The highest BCUT2D eigenvalue weighted by molar-refractivity contribution is 5.30. The highest BCUT2D eigenvalue weighted by Gasteiger charge is 2.09. The second-order valence-corrected chi connectivity index (χ2v) is 5.39. The highest BCUT2D eigenvalue weighted by atomic mass is 15.5. The molecule has 5 heteroatoms. The van der Waals surface area contributed by atoms with Crippen LogP contribution in [0.15, 0.2) is 30.3 Å². The van der Waals surface area contributed by atoms with Gasteiger partial charge in [0, 0.05) is 0 Å². The molecule has 0 radical (unpaired) electrons. The fourth-order valence-electron chi connectivity index (χ4n) is 2.42. The van der Waals surface area contributed by atoms with Crippen molar-refractivity contribution in [2.75, 3.05) is 6.54 Å². The summed E-state index contributed by atoms with van der Waals surface area (Å²) < 4.78 is 1.79. The van der Waals surface area contributed by atoms with E-state index in [0.29, 0.717) is 6.54 Å². The van der Waals surface area contributed by atoms with E-state index in [1.54, 1.807) is 4.68 Å². The van der Waals surface area contributed by atoms with Gasteiger partial charge in [-0.2, -0.15) is 4.68 Å². The fourth-order valence-corrected chi connectivity index (χ4v) is 2.42.